The quantitative estimate of drug-likeness (QED) is 0.693. The van der Waals surface area contributed by atoms with E-state index in [0.29, 0.717) is 6.42 Å². The predicted molar refractivity (Wildman–Crippen MR) is 49.0 cm³/mol. The first-order valence-corrected chi connectivity index (χ1v) is 4.98. The molecule has 4 heteroatoms. The van der Waals surface area contributed by atoms with Crippen molar-refractivity contribution in [2.45, 2.75) is 12.5 Å². The number of carbonyl (C=O) groups is 1. The van der Waals surface area contributed by atoms with Crippen LogP contribution in [0.1, 0.15) is 18.0 Å². The molecule has 2 rings (SSSR count). The predicted octanol–water partition coefficient (Wildman–Crippen LogP) is -0.800. The van der Waals surface area contributed by atoms with E-state index < -0.39 is 11.9 Å². The Morgan fingerprint density at radius 3 is 3.00 bits per heavy atom. The van der Waals surface area contributed by atoms with E-state index in [1.54, 1.807) is 12.1 Å². The monoisotopic (exact) mass is 209 g/mol. The fourth-order valence-corrected chi connectivity index (χ4v) is 2.15. The van der Waals surface area contributed by atoms with Crippen LogP contribution in [0.4, 0.5) is 4.39 Å². The number of benzene rings is 1. The Hall–Kier alpha value is -1.42. The highest BCUT2D eigenvalue weighted by Crippen LogP contribution is 2.24. The average molecular weight is 209 g/mol. The first-order chi connectivity index (χ1) is 7.18. The van der Waals surface area contributed by atoms with Crippen molar-refractivity contribution in [2.24, 2.45) is 5.92 Å². The van der Waals surface area contributed by atoms with E-state index in [1.807, 2.05) is 5.32 Å². The van der Waals surface area contributed by atoms with E-state index in [4.69, 9.17) is 0 Å². The van der Waals surface area contributed by atoms with E-state index in [-0.39, 0.29) is 11.9 Å². The summed E-state index contributed by atoms with van der Waals surface area (Å²) in [6, 6.07) is 5.90. The van der Waals surface area contributed by atoms with Gasteiger partial charge in [0, 0.05) is 12.0 Å². The molecule has 15 heavy (non-hydrogen) atoms. The SMILES string of the molecule is O=C([O-])[C@H]1CC[NH2+][C@H]1c1cccc(F)c1. The Balaban J connectivity index is 2.26. The molecule has 0 aromatic heterocycles. The molecule has 1 saturated heterocycles. The number of hydrogen-bond donors (Lipinski definition) is 1. The highest BCUT2D eigenvalue weighted by Gasteiger charge is 2.33. The van der Waals surface area contributed by atoms with Crippen molar-refractivity contribution in [3.8, 4) is 0 Å². The van der Waals surface area contributed by atoms with E-state index in [2.05, 4.69) is 0 Å². The standard InChI is InChI=1S/C11H12FNO2/c12-8-3-1-2-7(6-8)10-9(11(14)15)4-5-13-10/h1-3,6,9-10,13H,4-5H2,(H,14,15)/t9-,10-/m0/s1. The first-order valence-electron chi connectivity index (χ1n) is 4.98. The van der Waals surface area contributed by atoms with Crippen LogP contribution < -0.4 is 10.4 Å². The molecule has 1 aliphatic rings. The summed E-state index contributed by atoms with van der Waals surface area (Å²) >= 11 is 0. The largest absolute Gasteiger partial charge is 0.550 e. The van der Waals surface area contributed by atoms with Crippen LogP contribution in [0.15, 0.2) is 24.3 Å². The molecular formula is C11H12FNO2. The maximum absolute atomic E-state index is 13.0. The third-order valence-corrected chi connectivity index (χ3v) is 2.87. The molecule has 1 aromatic rings. The summed E-state index contributed by atoms with van der Waals surface area (Å²) in [6.45, 7) is 0.750. The molecule has 1 aromatic carbocycles. The van der Waals surface area contributed by atoms with Crippen LogP contribution in [0, 0.1) is 11.7 Å². The van der Waals surface area contributed by atoms with E-state index >= 15 is 0 Å². The van der Waals surface area contributed by atoms with E-state index in [9.17, 15) is 14.3 Å². The molecule has 0 aliphatic carbocycles. The summed E-state index contributed by atoms with van der Waals surface area (Å²) in [5, 5.41) is 12.8. The van der Waals surface area contributed by atoms with Gasteiger partial charge in [-0.1, -0.05) is 12.1 Å². The van der Waals surface area contributed by atoms with Gasteiger partial charge in [0.05, 0.1) is 18.4 Å². The summed E-state index contributed by atoms with van der Waals surface area (Å²) in [7, 11) is 0. The molecule has 0 unspecified atom stereocenters. The molecule has 1 heterocycles. The Labute approximate surface area is 86.9 Å². The lowest BCUT2D eigenvalue weighted by molar-refractivity contribution is -0.679. The average Bonchev–Trinajstić information content (AvgIpc) is 2.65. The van der Waals surface area contributed by atoms with Gasteiger partial charge in [-0.3, -0.25) is 0 Å². The third-order valence-electron chi connectivity index (χ3n) is 2.87. The number of carbonyl (C=O) groups excluding carboxylic acids is 1. The van der Waals surface area contributed by atoms with Crippen molar-refractivity contribution >= 4 is 5.97 Å². The van der Waals surface area contributed by atoms with E-state index in [0.717, 1.165) is 12.1 Å². The minimum Gasteiger partial charge on any atom is -0.550 e. The molecule has 80 valence electrons. The van der Waals surface area contributed by atoms with Crippen molar-refractivity contribution in [1.82, 2.24) is 0 Å². The van der Waals surface area contributed by atoms with Crippen LogP contribution in [-0.2, 0) is 4.79 Å². The Morgan fingerprint density at radius 1 is 1.53 bits per heavy atom. The zero-order valence-electron chi connectivity index (χ0n) is 8.15. The Bertz CT molecular complexity index is 381. The fourth-order valence-electron chi connectivity index (χ4n) is 2.15. The van der Waals surface area contributed by atoms with Gasteiger partial charge >= 0.3 is 0 Å². The highest BCUT2D eigenvalue weighted by molar-refractivity contribution is 5.69. The van der Waals surface area contributed by atoms with Crippen LogP contribution in [0.5, 0.6) is 0 Å². The lowest BCUT2D eigenvalue weighted by Gasteiger charge is -2.17. The number of rotatable bonds is 2. The molecule has 0 saturated carbocycles. The molecule has 0 spiro atoms. The van der Waals surface area contributed by atoms with Crippen LogP contribution in [0.2, 0.25) is 0 Å². The molecule has 3 nitrogen and oxygen atoms in total. The van der Waals surface area contributed by atoms with Crippen LogP contribution in [-0.4, -0.2) is 12.5 Å². The summed E-state index contributed by atoms with van der Waals surface area (Å²) < 4.78 is 13.0. The maximum atomic E-state index is 13.0. The summed E-state index contributed by atoms with van der Waals surface area (Å²) in [6.07, 6.45) is 0.587. The molecule has 0 amide bonds. The van der Waals surface area contributed by atoms with Gasteiger partial charge in [-0.15, -0.1) is 0 Å². The van der Waals surface area contributed by atoms with Crippen molar-refractivity contribution in [2.75, 3.05) is 6.54 Å². The smallest absolute Gasteiger partial charge is 0.123 e. The summed E-state index contributed by atoms with van der Waals surface area (Å²) in [5.41, 5.74) is 0.724. The fraction of sp³-hybridized carbons (Fsp3) is 0.364. The van der Waals surface area contributed by atoms with Gasteiger partial charge in [0.1, 0.15) is 11.9 Å². The summed E-state index contributed by atoms with van der Waals surface area (Å²) in [5.74, 6) is -1.88. The Morgan fingerprint density at radius 2 is 2.33 bits per heavy atom. The molecule has 0 radical (unpaired) electrons. The minimum absolute atomic E-state index is 0.203. The maximum Gasteiger partial charge on any atom is 0.123 e. The van der Waals surface area contributed by atoms with Gasteiger partial charge in [-0.05, 0) is 12.1 Å². The topological polar surface area (TPSA) is 56.7 Å². The molecule has 0 bridgehead atoms. The van der Waals surface area contributed by atoms with Crippen molar-refractivity contribution in [1.29, 1.82) is 0 Å². The van der Waals surface area contributed by atoms with Crippen LogP contribution in [0.25, 0.3) is 0 Å². The van der Waals surface area contributed by atoms with Crippen LogP contribution >= 0.6 is 0 Å². The lowest BCUT2D eigenvalue weighted by Crippen LogP contribution is -2.82. The number of aliphatic carboxylic acids is 1. The van der Waals surface area contributed by atoms with Crippen molar-refractivity contribution in [3.63, 3.8) is 0 Å². The number of hydrogen-bond acceptors (Lipinski definition) is 2. The number of nitrogens with two attached hydrogens (primary N) is 1. The number of carboxylic acids is 1. The number of quaternary nitrogens is 1. The highest BCUT2D eigenvalue weighted by atomic mass is 19.1. The second-order valence-corrected chi connectivity index (χ2v) is 3.82. The zero-order chi connectivity index (χ0) is 10.8. The van der Waals surface area contributed by atoms with E-state index in [1.165, 1.54) is 12.1 Å². The Kier molecular flexibility index (Phi) is 2.68. The van der Waals surface area contributed by atoms with Gasteiger partial charge < -0.3 is 15.2 Å². The molecule has 2 N–H and O–H groups in total. The van der Waals surface area contributed by atoms with Gasteiger partial charge in [0.2, 0.25) is 0 Å². The third kappa shape index (κ3) is 1.99. The summed E-state index contributed by atoms with van der Waals surface area (Å²) in [4.78, 5) is 10.8. The van der Waals surface area contributed by atoms with Gasteiger partial charge in [-0.2, -0.15) is 0 Å². The van der Waals surface area contributed by atoms with Crippen molar-refractivity contribution in [3.05, 3.63) is 35.6 Å². The molecule has 1 fully saturated rings. The van der Waals surface area contributed by atoms with Crippen molar-refractivity contribution < 1.29 is 19.6 Å². The lowest BCUT2D eigenvalue weighted by atomic mass is 9.94. The normalized spacial score (nSPS) is 25.4. The second kappa shape index (κ2) is 3.98. The van der Waals surface area contributed by atoms with Gasteiger partial charge in [-0.25, -0.2) is 4.39 Å². The molecule has 2 atom stereocenters. The number of halogens is 1. The molecular weight excluding hydrogens is 197 g/mol. The number of carboxylic acid groups (broad SMARTS) is 1. The van der Waals surface area contributed by atoms with Gasteiger partial charge in [0.15, 0.2) is 0 Å². The van der Waals surface area contributed by atoms with Crippen LogP contribution in [0.3, 0.4) is 0 Å². The first kappa shape index (κ1) is 10.1. The van der Waals surface area contributed by atoms with Gasteiger partial charge in [0.25, 0.3) is 0 Å². The second-order valence-electron chi connectivity index (χ2n) is 3.82. The zero-order valence-corrected chi connectivity index (χ0v) is 8.15. The molecule has 1 aliphatic heterocycles. The minimum atomic E-state index is -1.04.